The van der Waals surface area contributed by atoms with Crippen LogP contribution in [0.4, 0.5) is 0 Å². The minimum Gasteiger partial charge on any atom is -0.278 e. The largest absolute Gasteiger partial charge is 0.495 e. The highest BCUT2D eigenvalue weighted by molar-refractivity contribution is 7.61. The van der Waals surface area contributed by atoms with E-state index in [1.165, 1.54) is 25.7 Å². The van der Waals surface area contributed by atoms with Crippen LogP contribution < -0.4 is 9.05 Å². The number of para-hydroxylation sites is 2. The molecule has 0 atom stereocenters. The molecule has 3 nitrogen and oxygen atoms in total. The maximum Gasteiger partial charge on any atom is 0.495 e. The summed E-state index contributed by atoms with van der Waals surface area (Å²) in [5.41, 5.74) is 0. The van der Waals surface area contributed by atoms with E-state index in [9.17, 15) is 4.89 Å². The first kappa shape index (κ1) is 20.7. The zero-order chi connectivity index (χ0) is 18.7. The highest BCUT2D eigenvalue weighted by Crippen LogP contribution is 2.56. The summed E-state index contributed by atoms with van der Waals surface area (Å²) in [7, 11) is -2.98. The third-order valence-electron chi connectivity index (χ3n) is 4.20. The van der Waals surface area contributed by atoms with Crippen molar-refractivity contribution in [3.05, 3.63) is 60.7 Å². The minimum absolute atomic E-state index is 0.543. The number of benzene rings is 2. The molecular weight excluding hydrogens is 343 g/mol. The summed E-state index contributed by atoms with van der Waals surface area (Å²) in [6, 6.07) is 18.9. The Bertz CT molecular complexity index is 560. The predicted octanol–water partition coefficient (Wildman–Crippen LogP) is 6.90. The van der Waals surface area contributed by atoms with E-state index >= 15 is 0 Å². The molecule has 26 heavy (non-hydrogen) atoms. The molecular formula is C22H32O3P+. The summed E-state index contributed by atoms with van der Waals surface area (Å²) in [4.78, 5) is 11.1. The number of hydrogen-bond acceptors (Lipinski definition) is 3. The van der Waals surface area contributed by atoms with Gasteiger partial charge in [-0.15, -0.1) is 0 Å². The van der Waals surface area contributed by atoms with Gasteiger partial charge in [-0.05, 0) is 43.0 Å². The van der Waals surface area contributed by atoms with E-state index in [2.05, 4.69) is 13.8 Å². The SMILES string of the molecule is CC(C)CCCCCCC[P+](O)(Oc1ccccc1)Oc1ccccc1. The first-order valence-corrected chi connectivity index (χ1v) is 11.4. The second-order valence-electron chi connectivity index (χ2n) is 7.12. The Labute approximate surface area is 159 Å². The molecule has 0 fully saturated rings. The molecule has 0 unspecified atom stereocenters. The summed E-state index contributed by atoms with van der Waals surface area (Å²) in [6.45, 7) is 4.54. The van der Waals surface area contributed by atoms with Crippen LogP contribution >= 0.6 is 7.94 Å². The Balaban J connectivity index is 1.86. The fourth-order valence-electron chi connectivity index (χ4n) is 2.80. The van der Waals surface area contributed by atoms with Crippen LogP contribution in [0, 0.1) is 5.92 Å². The van der Waals surface area contributed by atoms with Gasteiger partial charge >= 0.3 is 7.94 Å². The van der Waals surface area contributed by atoms with Crippen molar-refractivity contribution in [2.45, 2.75) is 52.4 Å². The Morgan fingerprint density at radius 1 is 0.731 bits per heavy atom. The second kappa shape index (κ2) is 11.2. The van der Waals surface area contributed by atoms with Gasteiger partial charge in [-0.1, -0.05) is 75.9 Å². The van der Waals surface area contributed by atoms with Gasteiger partial charge in [0.25, 0.3) is 0 Å². The van der Waals surface area contributed by atoms with Crippen LogP contribution in [0.15, 0.2) is 60.7 Å². The summed E-state index contributed by atoms with van der Waals surface area (Å²) < 4.78 is 11.8. The molecule has 0 aromatic heterocycles. The van der Waals surface area contributed by atoms with Gasteiger partial charge in [0, 0.05) is 0 Å². The molecule has 1 N–H and O–H groups in total. The topological polar surface area (TPSA) is 38.7 Å². The standard InChI is InChI=1S/C22H32O3P/c1-20(2)14-8-4-3-5-13-19-26(23,24-21-15-9-6-10-16-21)25-22-17-11-7-12-18-22/h6-7,9-12,15-18,20,23H,3-5,8,13-14,19H2,1-2H3/q+1. The van der Waals surface area contributed by atoms with Crippen LogP contribution in [-0.4, -0.2) is 11.1 Å². The third kappa shape index (κ3) is 8.21. The van der Waals surface area contributed by atoms with Crippen molar-refractivity contribution in [3.8, 4) is 11.5 Å². The van der Waals surface area contributed by atoms with Gasteiger partial charge in [-0.2, -0.15) is 4.89 Å². The summed E-state index contributed by atoms with van der Waals surface area (Å²) >= 11 is 0. The monoisotopic (exact) mass is 375 g/mol. The van der Waals surface area contributed by atoms with Crippen LogP contribution in [0.1, 0.15) is 52.4 Å². The van der Waals surface area contributed by atoms with Crippen molar-refractivity contribution >= 4 is 7.94 Å². The molecule has 2 aromatic rings. The summed E-state index contributed by atoms with van der Waals surface area (Å²) in [5.74, 6) is 2.08. The first-order chi connectivity index (χ1) is 12.6. The summed E-state index contributed by atoms with van der Waals surface area (Å²) in [6.07, 6.45) is 7.59. The molecule has 0 aliphatic heterocycles. The minimum atomic E-state index is -2.98. The highest BCUT2D eigenvalue weighted by atomic mass is 31.2. The molecule has 0 heterocycles. The lowest BCUT2D eigenvalue weighted by Gasteiger charge is -2.18. The quantitative estimate of drug-likeness (QED) is 0.324. The molecule has 2 rings (SSSR count). The van der Waals surface area contributed by atoms with E-state index in [4.69, 9.17) is 9.05 Å². The van der Waals surface area contributed by atoms with Gasteiger partial charge in [0.2, 0.25) is 0 Å². The second-order valence-corrected chi connectivity index (χ2v) is 9.21. The summed E-state index contributed by atoms with van der Waals surface area (Å²) in [5, 5.41) is 0. The average molecular weight is 375 g/mol. The molecule has 2 aromatic carbocycles. The molecule has 0 amide bonds. The maximum absolute atomic E-state index is 11.1. The van der Waals surface area contributed by atoms with Gasteiger partial charge in [0.15, 0.2) is 17.7 Å². The van der Waals surface area contributed by atoms with E-state index in [-0.39, 0.29) is 0 Å². The van der Waals surface area contributed by atoms with Gasteiger partial charge in [0.1, 0.15) is 0 Å². The Kier molecular flexibility index (Phi) is 8.94. The smallest absolute Gasteiger partial charge is 0.278 e. The molecule has 0 radical (unpaired) electrons. The number of hydrogen-bond donors (Lipinski definition) is 1. The van der Waals surface area contributed by atoms with Crippen molar-refractivity contribution < 1.29 is 13.9 Å². The lowest BCUT2D eigenvalue weighted by atomic mass is 10.0. The maximum atomic E-state index is 11.1. The van der Waals surface area contributed by atoms with Gasteiger partial charge in [-0.3, -0.25) is 9.05 Å². The van der Waals surface area contributed by atoms with Gasteiger partial charge in [-0.25, -0.2) is 0 Å². The lowest BCUT2D eigenvalue weighted by molar-refractivity contribution is 0.344. The van der Waals surface area contributed by atoms with Gasteiger partial charge in [0.05, 0.1) is 0 Å². The van der Waals surface area contributed by atoms with E-state index < -0.39 is 7.94 Å². The molecule has 0 aliphatic carbocycles. The van der Waals surface area contributed by atoms with Crippen molar-refractivity contribution in [3.63, 3.8) is 0 Å². The van der Waals surface area contributed by atoms with Crippen LogP contribution in [0.25, 0.3) is 0 Å². The van der Waals surface area contributed by atoms with Crippen LogP contribution in [0.3, 0.4) is 0 Å². The molecule has 0 bridgehead atoms. The highest BCUT2D eigenvalue weighted by Gasteiger charge is 2.43. The molecule has 0 saturated carbocycles. The zero-order valence-electron chi connectivity index (χ0n) is 16.0. The Morgan fingerprint density at radius 2 is 1.19 bits per heavy atom. The molecule has 0 saturated heterocycles. The Morgan fingerprint density at radius 3 is 1.69 bits per heavy atom. The van der Waals surface area contributed by atoms with Gasteiger partial charge < -0.3 is 0 Å². The Hall–Kier alpha value is -1.57. The molecule has 0 spiro atoms. The normalized spacial score (nSPS) is 11.5. The third-order valence-corrected chi connectivity index (χ3v) is 6.08. The van der Waals surface area contributed by atoms with Crippen molar-refractivity contribution in [1.29, 1.82) is 0 Å². The van der Waals surface area contributed by atoms with Crippen LogP contribution in [0.2, 0.25) is 0 Å². The van der Waals surface area contributed by atoms with Crippen LogP contribution in [0.5, 0.6) is 11.5 Å². The first-order valence-electron chi connectivity index (χ1n) is 9.67. The van der Waals surface area contributed by atoms with E-state index in [1.807, 2.05) is 60.7 Å². The molecule has 142 valence electrons. The predicted molar refractivity (Wildman–Crippen MR) is 111 cm³/mol. The van der Waals surface area contributed by atoms with E-state index in [0.29, 0.717) is 17.7 Å². The van der Waals surface area contributed by atoms with E-state index in [1.54, 1.807) is 0 Å². The average Bonchev–Trinajstić information content (AvgIpc) is 2.62. The lowest BCUT2D eigenvalue weighted by Crippen LogP contribution is -2.12. The number of rotatable bonds is 12. The van der Waals surface area contributed by atoms with E-state index in [0.717, 1.165) is 18.8 Å². The fourth-order valence-corrected chi connectivity index (χ4v) is 4.54. The molecule has 0 aliphatic rings. The van der Waals surface area contributed by atoms with Crippen molar-refractivity contribution in [1.82, 2.24) is 0 Å². The van der Waals surface area contributed by atoms with Crippen molar-refractivity contribution in [2.24, 2.45) is 5.92 Å². The van der Waals surface area contributed by atoms with Crippen LogP contribution in [-0.2, 0) is 0 Å². The zero-order valence-corrected chi connectivity index (χ0v) is 16.9. The molecule has 4 heteroatoms. The fraction of sp³-hybridized carbons (Fsp3) is 0.455. The van der Waals surface area contributed by atoms with Crippen molar-refractivity contribution in [2.75, 3.05) is 6.16 Å². The number of unbranched alkanes of at least 4 members (excludes halogenated alkanes) is 4.